The Kier molecular flexibility index (Phi) is 8.51. The van der Waals surface area contributed by atoms with Crippen molar-refractivity contribution in [3.63, 3.8) is 0 Å². The van der Waals surface area contributed by atoms with E-state index in [2.05, 4.69) is 9.80 Å². The molecule has 1 atom stereocenters. The van der Waals surface area contributed by atoms with E-state index >= 15 is 0 Å². The average molecular weight is 389 g/mol. The first-order valence-corrected chi connectivity index (χ1v) is 10.1. The molecule has 1 fully saturated rings. The number of nitrogens with zero attached hydrogens (tertiary/aromatic N) is 2. The minimum absolute atomic E-state index is 0.320. The van der Waals surface area contributed by atoms with Crippen molar-refractivity contribution >= 4 is 0 Å². The first kappa shape index (κ1) is 21.0. The highest BCUT2D eigenvalue weighted by atomic mass is 16.5. The van der Waals surface area contributed by atoms with Gasteiger partial charge in [0.2, 0.25) is 0 Å². The van der Waals surface area contributed by atoms with Gasteiger partial charge in [0.15, 0.2) is 0 Å². The lowest BCUT2D eigenvalue weighted by Gasteiger charge is -2.30. The van der Waals surface area contributed by atoms with Gasteiger partial charge >= 0.3 is 0 Å². The highest BCUT2D eigenvalue weighted by Crippen LogP contribution is 2.11. The molecule has 6 nitrogen and oxygen atoms in total. The molecule has 0 spiro atoms. The molecule has 0 saturated carbocycles. The Morgan fingerprint density at radius 3 is 2.64 bits per heavy atom. The second kappa shape index (κ2) is 11.3. The first-order valence-electron chi connectivity index (χ1n) is 10.1. The van der Waals surface area contributed by atoms with E-state index in [1.54, 1.807) is 0 Å². The van der Waals surface area contributed by atoms with E-state index in [1.807, 2.05) is 49.4 Å². The van der Waals surface area contributed by atoms with Crippen molar-refractivity contribution in [3.8, 4) is 0 Å². The topological polar surface area (TPSA) is 58.3 Å². The van der Waals surface area contributed by atoms with Crippen LogP contribution in [0.15, 0.2) is 46.9 Å². The molecule has 1 aromatic carbocycles. The largest absolute Gasteiger partial charge is 0.465 e. The normalized spacial score (nSPS) is 16.5. The van der Waals surface area contributed by atoms with E-state index in [4.69, 9.17) is 13.9 Å². The van der Waals surface area contributed by atoms with E-state index in [0.29, 0.717) is 26.3 Å². The molecule has 1 aliphatic rings. The second-order valence-corrected chi connectivity index (χ2v) is 7.36. The predicted octanol–water partition coefficient (Wildman–Crippen LogP) is 2.30. The minimum atomic E-state index is -0.538. The van der Waals surface area contributed by atoms with E-state index < -0.39 is 6.10 Å². The summed E-state index contributed by atoms with van der Waals surface area (Å²) in [5.41, 5.74) is 1.12. The van der Waals surface area contributed by atoms with Gasteiger partial charge in [-0.05, 0) is 24.6 Å². The molecule has 0 amide bonds. The Morgan fingerprint density at radius 1 is 1.14 bits per heavy atom. The van der Waals surface area contributed by atoms with Crippen molar-refractivity contribution in [1.82, 2.24) is 9.80 Å². The standard InChI is InChI=1S/C22H32N2O4/c1-19-7-8-22(28-19)16-24(10-9-23-11-13-26-14-12-23)15-21(25)18-27-17-20-5-3-2-4-6-20/h2-8,21,25H,9-18H2,1H3. The molecule has 0 bridgehead atoms. The molecule has 0 radical (unpaired) electrons. The fourth-order valence-corrected chi connectivity index (χ4v) is 3.37. The molecule has 1 N–H and O–H groups in total. The van der Waals surface area contributed by atoms with Crippen LogP contribution in [0.3, 0.4) is 0 Å². The zero-order valence-electron chi connectivity index (χ0n) is 16.8. The van der Waals surface area contributed by atoms with Crippen LogP contribution in [-0.4, -0.2) is 73.6 Å². The molecule has 3 rings (SSSR count). The monoisotopic (exact) mass is 388 g/mol. The lowest BCUT2D eigenvalue weighted by atomic mass is 10.2. The van der Waals surface area contributed by atoms with Crippen molar-refractivity contribution in [3.05, 3.63) is 59.5 Å². The third-order valence-corrected chi connectivity index (χ3v) is 4.90. The van der Waals surface area contributed by atoms with Gasteiger partial charge in [0.25, 0.3) is 0 Å². The summed E-state index contributed by atoms with van der Waals surface area (Å²) >= 11 is 0. The van der Waals surface area contributed by atoms with Crippen LogP contribution < -0.4 is 0 Å². The van der Waals surface area contributed by atoms with Crippen LogP contribution in [0.25, 0.3) is 0 Å². The fraction of sp³-hybridized carbons (Fsp3) is 0.545. The smallest absolute Gasteiger partial charge is 0.118 e. The summed E-state index contributed by atoms with van der Waals surface area (Å²) in [6.45, 7) is 9.40. The highest BCUT2D eigenvalue weighted by molar-refractivity contribution is 5.13. The van der Waals surface area contributed by atoms with Crippen LogP contribution in [0.4, 0.5) is 0 Å². The molecule has 2 heterocycles. The third-order valence-electron chi connectivity index (χ3n) is 4.90. The third kappa shape index (κ3) is 7.37. The number of furan rings is 1. The molecule has 6 heteroatoms. The first-order chi connectivity index (χ1) is 13.7. The summed E-state index contributed by atoms with van der Waals surface area (Å²) in [5.74, 6) is 1.84. The Morgan fingerprint density at radius 2 is 1.93 bits per heavy atom. The maximum atomic E-state index is 10.5. The number of benzene rings is 1. The van der Waals surface area contributed by atoms with Crippen molar-refractivity contribution in [2.75, 3.05) is 52.5 Å². The summed E-state index contributed by atoms with van der Waals surface area (Å²) in [6.07, 6.45) is -0.538. The lowest BCUT2D eigenvalue weighted by molar-refractivity contribution is 0.00106. The minimum Gasteiger partial charge on any atom is -0.465 e. The summed E-state index contributed by atoms with van der Waals surface area (Å²) in [4.78, 5) is 4.65. The zero-order chi connectivity index (χ0) is 19.6. The molecular formula is C22H32N2O4. The van der Waals surface area contributed by atoms with Crippen molar-refractivity contribution in [2.45, 2.75) is 26.2 Å². The van der Waals surface area contributed by atoms with Crippen molar-refractivity contribution in [2.24, 2.45) is 0 Å². The number of aliphatic hydroxyl groups excluding tert-OH is 1. The van der Waals surface area contributed by atoms with Gasteiger partial charge in [-0.3, -0.25) is 9.80 Å². The summed E-state index contributed by atoms with van der Waals surface area (Å²) in [6, 6.07) is 14.0. The molecule has 1 aromatic heterocycles. The second-order valence-electron chi connectivity index (χ2n) is 7.36. The molecule has 0 aliphatic carbocycles. The number of aliphatic hydroxyl groups is 1. The van der Waals surface area contributed by atoms with Crippen LogP contribution >= 0.6 is 0 Å². The van der Waals surface area contributed by atoms with E-state index in [1.165, 1.54) is 0 Å². The van der Waals surface area contributed by atoms with Gasteiger partial charge in [-0.25, -0.2) is 0 Å². The molecule has 1 saturated heterocycles. The van der Waals surface area contributed by atoms with Gasteiger partial charge in [0, 0.05) is 32.7 Å². The van der Waals surface area contributed by atoms with Gasteiger partial charge in [-0.15, -0.1) is 0 Å². The summed E-state index contributed by atoms with van der Waals surface area (Å²) in [7, 11) is 0. The van der Waals surface area contributed by atoms with E-state index in [0.717, 1.165) is 56.5 Å². The van der Waals surface area contributed by atoms with Crippen molar-refractivity contribution < 1.29 is 19.0 Å². The number of morpholine rings is 1. The Hall–Kier alpha value is -1.70. The van der Waals surface area contributed by atoms with Crippen LogP contribution in [0.2, 0.25) is 0 Å². The van der Waals surface area contributed by atoms with E-state index in [9.17, 15) is 5.11 Å². The molecule has 1 unspecified atom stereocenters. The van der Waals surface area contributed by atoms with E-state index in [-0.39, 0.29) is 0 Å². The maximum absolute atomic E-state index is 10.5. The number of hydrogen-bond acceptors (Lipinski definition) is 6. The number of rotatable bonds is 11. The molecule has 2 aromatic rings. The Balaban J connectivity index is 1.46. The lowest BCUT2D eigenvalue weighted by Crippen LogP contribution is -2.43. The number of hydrogen-bond donors (Lipinski definition) is 1. The quantitative estimate of drug-likeness (QED) is 0.637. The molecule has 1 aliphatic heterocycles. The van der Waals surface area contributed by atoms with Gasteiger partial charge in [0.05, 0.1) is 39.1 Å². The van der Waals surface area contributed by atoms with Crippen LogP contribution in [0.5, 0.6) is 0 Å². The average Bonchev–Trinajstić information content (AvgIpc) is 3.12. The van der Waals surface area contributed by atoms with Crippen LogP contribution in [-0.2, 0) is 22.6 Å². The maximum Gasteiger partial charge on any atom is 0.118 e. The van der Waals surface area contributed by atoms with Gasteiger partial charge in [0.1, 0.15) is 11.5 Å². The summed E-state index contributed by atoms with van der Waals surface area (Å²) < 4.78 is 16.9. The molecular weight excluding hydrogens is 356 g/mol. The zero-order valence-corrected chi connectivity index (χ0v) is 16.8. The van der Waals surface area contributed by atoms with Crippen LogP contribution in [0.1, 0.15) is 17.1 Å². The molecule has 154 valence electrons. The SMILES string of the molecule is Cc1ccc(CN(CCN2CCOCC2)CC(O)COCc2ccccc2)o1. The Bertz CT molecular complexity index is 670. The Labute approximate surface area is 167 Å². The molecule has 28 heavy (non-hydrogen) atoms. The van der Waals surface area contributed by atoms with Crippen molar-refractivity contribution in [1.29, 1.82) is 0 Å². The highest BCUT2D eigenvalue weighted by Gasteiger charge is 2.17. The van der Waals surface area contributed by atoms with Gasteiger partial charge < -0.3 is 19.0 Å². The number of aryl methyl sites for hydroxylation is 1. The van der Waals surface area contributed by atoms with Crippen LogP contribution in [0, 0.1) is 6.92 Å². The predicted molar refractivity (Wildman–Crippen MR) is 108 cm³/mol. The summed E-state index contributed by atoms with van der Waals surface area (Å²) in [5, 5.41) is 10.5. The number of ether oxygens (including phenoxy) is 2. The fourth-order valence-electron chi connectivity index (χ4n) is 3.37. The van der Waals surface area contributed by atoms with Gasteiger partial charge in [-0.2, -0.15) is 0 Å². The van der Waals surface area contributed by atoms with Gasteiger partial charge in [-0.1, -0.05) is 30.3 Å².